The number of nitrogens with one attached hydrogen (secondary N) is 1. The summed E-state index contributed by atoms with van der Waals surface area (Å²) in [5.41, 5.74) is 1.47. The van der Waals surface area contributed by atoms with E-state index in [0.717, 1.165) is 32.1 Å². The van der Waals surface area contributed by atoms with E-state index in [-0.39, 0.29) is 5.91 Å². The molecule has 0 heterocycles. The first-order chi connectivity index (χ1) is 6.25. The Kier molecular flexibility index (Phi) is 2.38. The van der Waals surface area contributed by atoms with E-state index >= 15 is 0 Å². The maximum atomic E-state index is 11.4. The molecule has 1 atom stereocenters. The second-order valence-electron chi connectivity index (χ2n) is 4.30. The number of allylic oxidation sites excluding steroid dienone is 1. The molecule has 0 bridgehead atoms. The van der Waals surface area contributed by atoms with Gasteiger partial charge in [0, 0.05) is 12.0 Å². The van der Waals surface area contributed by atoms with Crippen LogP contribution in [0.5, 0.6) is 0 Å². The van der Waals surface area contributed by atoms with Gasteiger partial charge in [-0.25, -0.2) is 0 Å². The highest BCUT2D eigenvalue weighted by atomic mass is 16.2. The van der Waals surface area contributed by atoms with E-state index in [4.69, 9.17) is 0 Å². The summed E-state index contributed by atoms with van der Waals surface area (Å²) < 4.78 is 0. The predicted octanol–water partition coefficient (Wildman–Crippen LogP) is 2.01. The molecule has 1 unspecified atom stereocenters. The van der Waals surface area contributed by atoms with Crippen molar-refractivity contribution in [3.63, 3.8) is 0 Å². The molecule has 2 aliphatic carbocycles. The molecular formula is C11H17NO. The van der Waals surface area contributed by atoms with Gasteiger partial charge in [-0.15, -0.1) is 0 Å². The molecule has 0 radical (unpaired) electrons. The van der Waals surface area contributed by atoms with Gasteiger partial charge in [0.1, 0.15) is 0 Å². The van der Waals surface area contributed by atoms with Crippen molar-refractivity contribution in [3.05, 3.63) is 11.6 Å². The van der Waals surface area contributed by atoms with Crippen LogP contribution in [0.2, 0.25) is 0 Å². The predicted molar refractivity (Wildman–Crippen MR) is 52.3 cm³/mol. The molecule has 0 saturated heterocycles. The zero-order chi connectivity index (χ0) is 9.26. The normalized spacial score (nSPS) is 28.1. The summed E-state index contributed by atoms with van der Waals surface area (Å²) in [7, 11) is 0. The molecule has 0 aromatic carbocycles. The van der Waals surface area contributed by atoms with Crippen LogP contribution in [0.4, 0.5) is 0 Å². The summed E-state index contributed by atoms with van der Waals surface area (Å²) in [6.45, 7) is 2.17. The maximum Gasteiger partial charge on any atom is 0.223 e. The van der Waals surface area contributed by atoms with Crippen LogP contribution in [0.15, 0.2) is 11.6 Å². The minimum absolute atomic E-state index is 0.290. The number of hydrogen-bond acceptors (Lipinski definition) is 1. The molecule has 0 spiro atoms. The molecule has 2 nitrogen and oxygen atoms in total. The standard InChI is InChI=1S/C11H17NO/c1-8-2-6-10(7-3-8)12-11(13)9-4-5-9/h2,9-10H,3-7H2,1H3,(H,12,13). The topological polar surface area (TPSA) is 29.1 Å². The lowest BCUT2D eigenvalue weighted by Gasteiger charge is -2.21. The molecular weight excluding hydrogens is 162 g/mol. The fourth-order valence-electron chi connectivity index (χ4n) is 1.76. The Morgan fingerprint density at radius 3 is 2.77 bits per heavy atom. The number of rotatable bonds is 2. The van der Waals surface area contributed by atoms with Crippen molar-refractivity contribution in [2.24, 2.45) is 5.92 Å². The smallest absolute Gasteiger partial charge is 0.223 e. The molecule has 72 valence electrons. The van der Waals surface area contributed by atoms with E-state index < -0.39 is 0 Å². The molecule has 2 heteroatoms. The van der Waals surface area contributed by atoms with E-state index in [1.54, 1.807) is 0 Å². The molecule has 13 heavy (non-hydrogen) atoms. The summed E-state index contributed by atoms with van der Waals surface area (Å²) in [5.74, 6) is 0.643. The Morgan fingerprint density at radius 2 is 2.23 bits per heavy atom. The van der Waals surface area contributed by atoms with Crippen molar-refractivity contribution < 1.29 is 4.79 Å². The molecule has 2 rings (SSSR count). The Hall–Kier alpha value is -0.790. The average molecular weight is 179 g/mol. The quantitative estimate of drug-likeness (QED) is 0.645. The van der Waals surface area contributed by atoms with E-state index in [0.29, 0.717) is 12.0 Å². The van der Waals surface area contributed by atoms with E-state index in [1.807, 2.05) is 0 Å². The van der Waals surface area contributed by atoms with Gasteiger partial charge in [-0.3, -0.25) is 4.79 Å². The molecule has 0 aromatic rings. The van der Waals surface area contributed by atoms with E-state index in [9.17, 15) is 4.79 Å². The van der Waals surface area contributed by atoms with Gasteiger partial charge in [0.05, 0.1) is 0 Å². The second kappa shape index (κ2) is 3.52. The molecule has 2 aliphatic rings. The van der Waals surface area contributed by atoms with E-state index in [1.165, 1.54) is 5.57 Å². The number of carbonyl (C=O) groups excluding carboxylic acids is 1. The summed E-state index contributed by atoms with van der Waals surface area (Å²) in [5, 5.41) is 3.12. The van der Waals surface area contributed by atoms with Crippen LogP contribution in [0.1, 0.15) is 39.0 Å². The second-order valence-corrected chi connectivity index (χ2v) is 4.30. The number of amides is 1. The Labute approximate surface area is 79.4 Å². The Balaban J connectivity index is 1.79. The van der Waals surface area contributed by atoms with Gasteiger partial charge in [0.25, 0.3) is 0 Å². The minimum Gasteiger partial charge on any atom is -0.353 e. The van der Waals surface area contributed by atoms with Gasteiger partial charge in [-0.2, -0.15) is 0 Å². The van der Waals surface area contributed by atoms with Crippen molar-refractivity contribution in [2.45, 2.75) is 45.1 Å². The van der Waals surface area contributed by atoms with Crippen molar-refractivity contribution in [3.8, 4) is 0 Å². The fraction of sp³-hybridized carbons (Fsp3) is 0.727. The first-order valence-electron chi connectivity index (χ1n) is 5.21. The molecule has 1 saturated carbocycles. The monoisotopic (exact) mass is 179 g/mol. The summed E-state index contributed by atoms with van der Waals surface area (Å²) in [6.07, 6.45) is 7.77. The molecule has 0 aliphatic heterocycles. The number of carbonyl (C=O) groups is 1. The third-order valence-electron chi connectivity index (χ3n) is 2.93. The molecule has 1 amide bonds. The minimum atomic E-state index is 0.290. The summed E-state index contributed by atoms with van der Waals surface area (Å²) in [4.78, 5) is 11.4. The molecule has 0 aromatic heterocycles. The average Bonchev–Trinajstić information content (AvgIpc) is 2.91. The van der Waals surface area contributed by atoms with E-state index in [2.05, 4.69) is 18.3 Å². The molecule has 1 fully saturated rings. The van der Waals surface area contributed by atoms with Gasteiger partial charge < -0.3 is 5.32 Å². The summed E-state index contributed by atoms with van der Waals surface area (Å²) >= 11 is 0. The zero-order valence-corrected chi connectivity index (χ0v) is 8.18. The van der Waals surface area contributed by atoms with Crippen LogP contribution in [0.3, 0.4) is 0 Å². The SMILES string of the molecule is CC1=CCC(NC(=O)C2CC2)CC1. The highest BCUT2D eigenvalue weighted by Crippen LogP contribution is 2.29. The lowest BCUT2D eigenvalue weighted by atomic mass is 9.96. The van der Waals surface area contributed by atoms with Crippen LogP contribution in [0, 0.1) is 5.92 Å². The molecule has 1 N–H and O–H groups in total. The van der Waals surface area contributed by atoms with Gasteiger partial charge in [-0.1, -0.05) is 11.6 Å². The van der Waals surface area contributed by atoms with Crippen molar-refractivity contribution in [2.75, 3.05) is 0 Å². The Bertz CT molecular complexity index is 240. The highest BCUT2D eigenvalue weighted by molar-refractivity contribution is 5.81. The lowest BCUT2D eigenvalue weighted by Crippen LogP contribution is -2.36. The van der Waals surface area contributed by atoms with Crippen LogP contribution >= 0.6 is 0 Å². The number of hydrogen-bond donors (Lipinski definition) is 1. The third kappa shape index (κ3) is 2.33. The fourth-order valence-corrected chi connectivity index (χ4v) is 1.76. The first-order valence-corrected chi connectivity index (χ1v) is 5.21. The zero-order valence-electron chi connectivity index (χ0n) is 8.18. The first kappa shape index (κ1) is 8.79. The van der Waals surface area contributed by atoms with Crippen molar-refractivity contribution >= 4 is 5.91 Å². The van der Waals surface area contributed by atoms with Gasteiger partial charge >= 0.3 is 0 Å². The van der Waals surface area contributed by atoms with Crippen LogP contribution in [0.25, 0.3) is 0 Å². The Morgan fingerprint density at radius 1 is 1.46 bits per heavy atom. The third-order valence-corrected chi connectivity index (χ3v) is 2.93. The van der Waals surface area contributed by atoms with Gasteiger partial charge in [0.15, 0.2) is 0 Å². The van der Waals surface area contributed by atoms with Crippen molar-refractivity contribution in [1.82, 2.24) is 5.32 Å². The highest BCUT2D eigenvalue weighted by Gasteiger charge is 2.30. The lowest BCUT2D eigenvalue weighted by molar-refractivity contribution is -0.123. The van der Waals surface area contributed by atoms with Crippen LogP contribution in [-0.2, 0) is 4.79 Å². The van der Waals surface area contributed by atoms with Crippen LogP contribution < -0.4 is 5.32 Å². The van der Waals surface area contributed by atoms with Crippen molar-refractivity contribution in [1.29, 1.82) is 0 Å². The largest absolute Gasteiger partial charge is 0.353 e. The summed E-state index contributed by atoms with van der Waals surface area (Å²) in [6, 6.07) is 0.414. The van der Waals surface area contributed by atoms with Gasteiger partial charge in [0.2, 0.25) is 5.91 Å². The maximum absolute atomic E-state index is 11.4. The van der Waals surface area contributed by atoms with Crippen LogP contribution in [-0.4, -0.2) is 11.9 Å². The van der Waals surface area contributed by atoms with Gasteiger partial charge in [-0.05, 0) is 39.0 Å².